The molecule has 0 bridgehead atoms. The third-order valence-corrected chi connectivity index (χ3v) is 3.98. The summed E-state index contributed by atoms with van der Waals surface area (Å²) in [5, 5.41) is 0.540. The maximum absolute atomic E-state index is 5.41. The maximum atomic E-state index is 5.41. The summed E-state index contributed by atoms with van der Waals surface area (Å²) in [5.41, 5.74) is 3.06. The highest BCUT2D eigenvalue weighted by molar-refractivity contribution is 7.99. The van der Waals surface area contributed by atoms with E-state index in [0.29, 0.717) is 5.25 Å². The fourth-order valence-corrected chi connectivity index (χ4v) is 2.88. The molecule has 0 amide bonds. The number of furan rings is 1. The molecule has 1 atom stereocenters. The van der Waals surface area contributed by atoms with E-state index in [1.165, 1.54) is 11.1 Å². The first-order chi connectivity index (χ1) is 6.27. The topological polar surface area (TPSA) is 13.1 Å². The molecule has 1 nitrogen and oxygen atoms in total. The number of hydrogen-bond donors (Lipinski definition) is 0. The lowest BCUT2D eigenvalue weighted by Crippen LogP contribution is -2.04. The van der Waals surface area contributed by atoms with Crippen molar-refractivity contribution >= 4 is 11.8 Å². The second-order valence-corrected chi connectivity index (χ2v) is 4.77. The third-order valence-electron chi connectivity index (χ3n) is 2.58. The predicted octanol–water partition coefficient (Wildman–Crippen LogP) is 3.79. The van der Waals surface area contributed by atoms with Crippen LogP contribution >= 0.6 is 11.8 Å². The molecular weight excluding hydrogens is 180 g/mol. The van der Waals surface area contributed by atoms with Crippen molar-refractivity contribution in [1.82, 2.24) is 0 Å². The van der Waals surface area contributed by atoms with Gasteiger partial charge in [-0.25, -0.2) is 0 Å². The van der Waals surface area contributed by atoms with Crippen molar-refractivity contribution in [1.29, 1.82) is 0 Å². The minimum absolute atomic E-state index is 0.540. The first kappa shape index (κ1) is 8.95. The highest BCUT2D eigenvalue weighted by atomic mass is 32.2. The molecule has 2 rings (SSSR count). The zero-order valence-electron chi connectivity index (χ0n) is 8.04. The fourth-order valence-electron chi connectivity index (χ4n) is 1.52. The van der Waals surface area contributed by atoms with Crippen molar-refractivity contribution in [3.63, 3.8) is 0 Å². The predicted molar refractivity (Wildman–Crippen MR) is 56.9 cm³/mol. The van der Waals surface area contributed by atoms with Crippen LogP contribution < -0.4 is 0 Å². The Labute approximate surface area is 83.2 Å². The lowest BCUT2D eigenvalue weighted by Gasteiger charge is -2.22. The van der Waals surface area contributed by atoms with E-state index >= 15 is 0 Å². The molecule has 0 spiro atoms. The molecule has 2 heteroatoms. The number of allylic oxidation sites excluding steroid dienone is 1. The molecular formula is C11H14OS. The van der Waals surface area contributed by atoms with Gasteiger partial charge in [-0.1, -0.05) is 11.1 Å². The van der Waals surface area contributed by atoms with E-state index in [1.807, 2.05) is 17.8 Å². The van der Waals surface area contributed by atoms with Crippen LogP contribution in [0, 0.1) is 0 Å². The Morgan fingerprint density at radius 3 is 2.85 bits per heavy atom. The van der Waals surface area contributed by atoms with Crippen LogP contribution in [0.25, 0.3) is 0 Å². The molecule has 13 heavy (non-hydrogen) atoms. The summed E-state index contributed by atoms with van der Waals surface area (Å²) in [6.45, 7) is 4.45. The van der Waals surface area contributed by atoms with E-state index < -0.39 is 0 Å². The maximum Gasteiger partial charge on any atom is 0.117 e. The Kier molecular flexibility index (Phi) is 2.49. The van der Waals surface area contributed by atoms with Crippen molar-refractivity contribution in [2.75, 3.05) is 5.75 Å². The van der Waals surface area contributed by atoms with Gasteiger partial charge in [-0.05, 0) is 32.4 Å². The molecule has 0 radical (unpaired) electrons. The Balaban J connectivity index is 2.14. The van der Waals surface area contributed by atoms with E-state index in [-0.39, 0.29) is 0 Å². The van der Waals surface area contributed by atoms with Gasteiger partial charge < -0.3 is 4.42 Å². The first-order valence-corrected chi connectivity index (χ1v) is 5.62. The van der Waals surface area contributed by atoms with Crippen molar-refractivity contribution in [3.05, 3.63) is 35.3 Å². The van der Waals surface area contributed by atoms with Gasteiger partial charge in [-0.3, -0.25) is 0 Å². The zero-order chi connectivity index (χ0) is 9.26. The molecule has 1 aromatic heterocycles. The van der Waals surface area contributed by atoms with Crippen LogP contribution in [0.15, 0.2) is 34.0 Å². The minimum Gasteiger partial charge on any atom is -0.468 e. The lowest BCUT2D eigenvalue weighted by atomic mass is 10.1. The molecule has 1 unspecified atom stereocenters. The summed E-state index contributed by atoms with van der Waals surface area (Å²) in [5.74, 6) is 2.27. The quantitative estimate of drug-likeness (QED) is 0.631. The van der Waals surface area contributed by atoms with Crippen LogP contribution in [0.4, 0.5) is 0 Å². The van der Waals surface area contributed by atoms with Crippen LogP contribution in [0.2, 0.25) is 0 Å². The SMILES string of the molecule is CC1=C(C)CC(c2ccco2)SC1. The van der Waals surface area contributed by atoms with Crippen molar-refractivity contribution in [2.45, 2.75) is 25.5 Å². The van der Waals surface area contributed by atoms with E-state index in [9.17, 15) is 0 Å². The number of hydrogen-bond acceptors (Lipinski definition) is 2. The highest BCUT2D eigenvalue weighted by Gasteiger charge is 2.20. The molecule has 1 aliphatic rings. The number of thioether (sulfide) groups is 1. The summed E-state index contributed by atoms with van der Waals surface area (Å²) < 4.78 is 5.41. The van der Waals surface area contributed by atoms with Gasteiger partial charge in [0.1, 0.15) is 5.76 Å². The molecule has 0 fully saturated rings. The largest absolute Gasteiger partial charge is 0.468 e. The Bertz CT molecular complexity index is 311. The highest BCUT2D eigenvalue weighted by Crippen LogP contribution is 2.40. The van der Waals surface area contributed by atoms with E-state index in [0.717, 1.165) is 17.9 Å². The van der Waals surface area contributed by atoms with Gasteiger partial charge in [0.15, 0.2) is 0 Å². The summed E-state index contributed by atoms with van der Waals surface area (Å²) in [6.07, 6.45) is 2.90. The summed E-state index contributed by atoms with van der Waals surface area (Å²) in [4.78, 5) is 0. The van der Waals surface area contributed by atoms with Crippen LogP contribution in [0.3, 0.4) is 0 Å². The standard InChI is InChI=1S/C11H14OS/c1-8-6-11(13-7-9(8)2)10-4-3-5-12-10/h3-5,11H,6-7H2,1-2H3. The second-order valence-electron chi connectivity index (χ2n) is 3.58. The minimum atomic E-state index is 0.540. The molecule has 1 aromatic rings. The van der Waals surface area contributed by atoms with E-state index in [1.54, 1.807) is 6.26 Å². The molecule has 0 N–H and O–H groups in total. The van der Waals surface area contributed by atoms with Crippen molar-refractivity contribution < 1.29 is 4.42 Å². The fraction of sp³-hybridized carbons (Fsp3) is 0.455. The monoisotopic (exact) mass is 194 g/mol. The van der Waals surface area contributed by atoms with Gasteiger partial charge >= 0.3 is 0 Å². The third kappa shape index (κ3) is 1.83. The van der Waals surface area contributed by atoms with Crippen LogP contribution in [-0.2, 0) is 0 Å². The Morgan fingerprint density at radius 1 is 1.38 bits per heavy atom. The summed E-state index contributed by atoms with van der Waals surface area (Å²) >= 11 is 1.98. The van der Waals surface area contributed by atoms with Gasteiger partial charge in [-0.15, -0.1) is 11.8 Å². The van der Waals surface area contributed by atoms with Crippen LogP contribution in [0.5, 0.6) is 0 Å². The first-order valence-electron chi connectivity index (χ1n) is 4.57. The van der Waals surface area contributed by atoms with Crippen LogP contribution in [-0.4, -0.2) is 5.75 Å². The normalized spacial score (nSPS) is 23.7. The molecule has 70 valence electrons. The van der Waals surface area contributed by atoms with Crippen molar-refractivity contribution in [2.24, 2.45) is 0 Å². The smallest absolute Gasteiger partial charge is 0.117 e. The van der Waals surface area contributed by atoms with Gasteiger partial charge in [0, 0.05) is 5.75 Å². The van der Waals surface area contributed by atoms with E-state index in [4.69, 9.17) is 4.42 Å². The number of rotatable bonds is 1. The van der Waals surface area contributed by atoms with E-state index in [2.05, 4.69) is 19.9 Å². The Hall–Kier alpha value is -0.630. The lowest BCUT2D eigenvalue weighted by molar-refractivity contribution is 0.503. The molecule has 0 saturated carbocycles. The molecule has 2 heterocycles. The zero-order valence-corrected chi connectivity index (χ0v) is 8.86. The average Bonchev–Trinajstić information content (AvgIpc) is 2.62. The van der Waals surface area contributed by atoms with Crippen LogP contribution in [0.1, 0.15) is 31.3 Å². The summed E-state index contributed by atoms with van der Waals surface area (Å²) in [6, 6.07) is 4.04. The Morgan fingerprint density at radius 2 is 2.23 bits per heavy atom. The molecule has 0 saturated heterocycles. The van der Waals surface area contributed by atoms with Crippen molar-refractivity contribution in [3.8, 4) is 0 Å². The molecule has 1 aliphatic heterocycles. The molecule has 0 aliphatic carbocycles. The van der Waals surface area contributed by atoms with Gasteiger partial charge in [0.2, 0.25) is 0 Å². The van der Waals surface area contributed by atoms with Gasteiger partial charge in [0.05, 0.1) is 11.5 Å². The van der Waals surface area contributed by atoms with Gasteiger partial charge in [-0.2, -0.15) is 0 Å². The molecule has 0 aromatic carbocycles. The second kappa shape index (κ2) is 3.62. The van der Waals surface area contributed by atoms with Gasteiger partial charge in [0.25, 0.3) is 0 Å². The summed E-state index contributed by atoms with van der Waals surface area (Å²) in [7, 11) is 0. The average molecular weight is 194 g/mol.